The summed E-state index contributed by atoms with van der Waals surface area (Å²) in [4.78, 5) is 22.0. The molecule has 0 spiro atoms. The van der Waals surface area contributed by atoms with Gasteiger partial charge in [0.15, 0.2) is 0 Å². The average Bonchev–Trinajstić information content (AvgIpc) is 2.37. The van der Waals surface area contributed by atoms with Gasteiger partial charge in [-0.15, -0.1) is 11.6 Å². The van der Waals surface area contributed by atoms with Crippen LogP contribution in [-0.4, -0.2) is 42.1 Å². The Labute approximate surface area is 116 Å². The zero-order valence-electron chi connectivity index (χ0n) is 10.6. The summed E-state index contributed by atoms with van der Waals surface area (Å²) in [5, 5.41) is 10.9. The van der Waals surface area contributed by atoms with E-state index >= 15 is 0 Å². The van der Waals surface area contributed by atoms with Crippen LogP contribution in [0.25, 0.3) is 0 Å². The topological polar surface area (TPSA) is 111 Å². The number of unbranched alkanes of at least 4 members (excludes halogenated alkanes) is 2. The van der Waals surface area contributed by atoms with E-state index in [4.69, 9.17) is 32.0 Å². The maximum atomic E-state index is 11.1. The second kappa shape index (κ2) is 11.6. The van der Waals surface area contributed by atoms with E-state index in [2.05, 4.69) is 5.16 Å². The van der Waals surface area contributed by atoms with Crippen molar-refractivity contribution in [3.8, 4) is 0 Å². The number of ether oxygens (including phenoxy) is 2. The summed E-state index contributed by atoms with van der Waals surface area (Å²) in [5.74, 6) is -0.769. The van der Waals surface area contributed by atoms with E-state index < -0.39 is 5.97 Å². The summed E-state index contributed by atoms with van der Waals surface area (Å²) < 4.78 is 9.73. The fourth-order valence-corrected chi connectivity index (χ4v) is 1.29. The molecule has 8 heteroatoms. The van der Waals surface area contributed by atoms with Gasteiger partial charge >= 0.3 is 11.9 Å². The zero-order valence-corrected chi connectivity index (χ0v) is 11.4. The fraction of sp³-hybridized carbons (Fsp3) is 0.727. The van der Waals surface area contributed by atoms with Crippen molar-refractivity contribution >= 4 is 29.4 Å². The molecule has 0 aromatic rings. The van der Waals surface area contributed by atoms with Crippen LogP contribution in [-0.2, 0) is 19.1 Å². The predicted molar refractivity (Wildman–Crippen MR) is 69.1 cm³/mol. The maximum absolute atomic E-state index is 11.1. The van der Waals surface area contributed by atoms with E-state index in [1.54, 1.807) is 0 Å². The van der Waals surface area contributed by atoms with Crippen molar-refractivity contribution < 1.29 is 24.3 Å². The van der Waals surface area contributed by atoms with Gasteiger partial charge in [-0.1, -0.05) is 5.16 Å². The molecule has 0 amide bonds. The molecule has 0 aliphatic rings. The number of hydrogen-bond donors (Lipinski definition) is 2. The van der Waals surface area contributed by atoms with Crippen molar-refractivity contribution in [2.24, 2.45) is 10.9 Å². The van der Waals surface area contributed by atoms with Crippen LogP contribution in [0.1, 0.15) is 32.1 Å². The first-order valence-electron chi connectivity index (χ1n) is 5.93. The zero-order chi connectivity index (χ0) is 14.5. The van der Waals surface area contributed by atoms with Gasteiger partial charge in [0.1, 0.15) is 12.3 Å². The largest absolute Gasteiger partial charge is 0.466 e. The molecule has 0 unspecified atom stereocenters. The highest BCUT2D eigenvalue weighted by Crippen LogP contribution is 1.99. The van der Waals surface area contributed by atoms with Crippen molar-refractivity contribution in [3.05, 3.63) is 0 Å². The molecule has 0 atom stereocenters. The molecule has 0 radical (unpaired) electrons. The minimum atomic E-state index is -0.538. The van der Waals surface area contributed by atoms with Crippen LogP contribution in [0.3, 0.4) is 0 Å². The number of carbonyl (C=O) groups excluding carboxylic acids is 2. The first-order valence-corrected chi connectivity index (χ1v) is 6.47. The molecule has 110 valence electrons. The first kappa shape index (κ1) is 17.5. The number of esters is 2. The number of hydrogen-bond acceptors (Lipinski definition) is 6. The molecule has 0 fully saturated rings. The summed E-state index contributed by atoms with van der Waals surface area (Å²) in [6, 6.07) is 0. The van der Waals surface area contributed by atoms with Crippen molar-refractivity contribution in [2.75, 3.05) is 19.1 Å². The first-order chi connectivity index (χ1) is 9.10. The summed E-state index contributed by atoms with van der Waals surface area (Å²) in [6.45, 7) is 0.598. The smallest absolute Gasteiger partial charge is 0.313 e. The highest BCUT2D eigenvalue weighted by Gasteiger charge is 2.06. The second-order valence-corrected chi connectivity index (χ2v) is 4.09. The third-order valence-corrected chi connectivity index (χ3v) is 2.26. The minimum Gasteiger partial charge on any atom is -0.466 e. The van der Waals surface area contributed by atoms with Gasteiger partial charge in [0.05, 0.1) is 19.6 Å². The van der Waals surface area contributed by atoms with Crippen LogP contribution in [0.2, 0.25) is 0 Å². The van der Waals surface area contributed by atoms with Crippen LogP contribution in [0.5, 0.6) is 0 Å². The van der Waals surface area contributed by atoms with E-state index in [0.717, 1.165) is 6.42 Å². The number of nitrogens with zero attached hydrogens (tertiary/aromatic N) is 1. The van der Waals surface area contributed by atoms with E-state index in [-0.39, 0.29) is 37.1 Å². The number of alkyl halides is 1. The van der Waals surface area contributed by atoms with Crippen molar-refractivity contribution in [3.63, 3.8) is 0 Å². The number of nitrogens with two attached hydrogens (primary N) is 1. The Hall–Kier alpha value is -1.50. The van der Waals surface area contributed by atoms with E-state index in [1.165, 1.54) is 0 Å². The lowest BCUT2D eigenvalue weighted by Gasteiger charge is -2.05. The van der Waals surface area contributed by atoms with Crippen LogP contribution < -0.4 is 5.73 Å². The lowest BCUT2D eigenvalue weighted by Crippen LogP contribution is -2.19. The second-order valence-electron chi connectivity index (χ2n) is 3.71. The summed E-state index contributed by atoms with van der Waals surface area (Å²) >= 11 is 5.37. The normalized spacial score (nSPS) is 11.1. The summed E-state index contributed by atoms with van der Waals surface area (Å²) in [6.07, 6.45) is 2.12. The maximum Gasteiger partial charge on any atom is 0.313 e. The number of halogens is 1. The lowest BCUT2D eigenvalue weighted by atomic mass is 10.2. The molecule has 19 heavy (non-hydrogen) atoms. The molecule has 0 saturated heterocycles. The number of amidine groups is 1. The Morgan fingerprint density at radius 2 is 1.68 bits per heavy atom. The molecule has 0 aliphatic carbocycles. The van der Waals surface area contributed by atoms with E-state index in [1.807, 2.05) is 0 Å². The molecule has 0 saturated carbocycles. The molecule has 3 N–H and O–H groups in total. The Morgan fingerprint density at radius 1 is 1.11 bits per heavy atom. The predicted octanol–water partition coefficient (Wildman–Crippen LogP) is 1.01. The quantitative estimate of drug-likeness (QED) is 0.118. The summed E-state index contributed by atoms with van der Waals surface area (Å²) in [5.41, 5.74) is 5.14. The fourth-order valence-electron chi connectivity index (χ4n) is 1.14. The van der Waals surface area contributed by atoms with Gasteiger partial charge in [-0.25, -0.2) is 0 Å². The molecular weight excluding hydrogens is 276 g/mol. The van der Waals surface area contributed by atoms with Crippen LogP contribution in [0.4, 0.5) is 0 Å². The third-order valence-electron chi connectivity index (χ3n) is 2.07. The molecule has 0 rings (SSSR count). The molecule has 0 aromatic carbocycles. The Balaban J connectivity index is 3.36. The van der Waals surface area contributed by atoms with E-state index in [0.29, 0.717) is 19.4 Å². The third kappa shape index (κ3) is 11.3. The van der Waals surface area contributed by atoms with Crippen LogP contribution in [0, 0.1) is 0 Å². The highest BCUT2D eigenvalue weighted by molar-refractivity contribution is 6.18. The van der Waals surface area contributed by atoms with Gasteiger partial charge in [-0.3, -0.25) is 9.59 Å². The van der Waals surface area contributed by atoms with Crippen LogP contribution in [0.15, 0.2) is 5.16 Å². The minimum absolute atomic E-state index is 0.184. The lowest BCUT2D eigenvalue weighted by molar-refractivity contribution is -0.143. The monoisotopic (exact) mass is 294 g/mol. The Morgan fingerprint density at radius 3 is 2.21 bits per heavy atom. The molecule has 0 bridgehead atoms. The van der Waals surface area contributed by atoms with Crippen LogP contribution >= 0.6 is 11.6 Å². The average molecular weight is 295 g/mol. The molecular formula is C11H19ClN2O5. The summed E-state index contributed by atoms with van der Waals surface area (Å²) in [7, 11) is 0. The number of rotatable bonds is 10. The standard InChI is InChI=1S/C11H19ClN2O5/c12-5-4-10(15)18-6-2-1-3-7-19-11(16)8-9(13)14-17/h17H,1-8H2,(H2,13,14). The molecule has 7 nitrogen and oxygen atoms in total. The Kier molecular flexibility index (Phi) is 10.7. The van der Waals surface area contributed by atoms with Gasteiger partial charge < -0.3 is 20.4 Å². The van der Waals surface area contributed by atoms with Crippen molar-refractivity contribution in [2.45, 2.75) is 32.1 Å². The van der Waals surface area contributed by atoms with Gasteiger partial charge in [0.25, 0.3) is 0 Å². The number of carbonyl (C=O) groups is 2. The molecule has 0 aromatic heterocycles. The molecule has 0 heterocycles. The highest BCUT2D eigenvalue weighted by atomic mass is 35.5. The number of oxime groups is 1. The Bertz CT molecular complexity index is 309. The van der Waals surface area contributed by atoms with Gasteiger partial charge in [-0.05, 0) is 19.3 Å². The van der Waals surface area contributed by atoms with E-state index in [9.17, 15) is 9.59 Å². The van der Waals surface area contributed by atoms with Gasteiger partial charge in [0.2, 0.25) is 0 Å². The van der Waals surface area contributed by atoms with Crippen molar-refractivity contribution in [1.82, 2.24) is 0 Å². The SMILES string of the molecule is N/C(CC(=O)OCCCCCOC(=O)CCCl)=N\O. The van der Waals surface area contributed by atoms with Crippen molar-refractivity contribution in [1.29, 1.82) is 0 Å². The van der Waals surface area contributed by atoms with Gasteiger partial charge in [0, 0.05) is 5.88 Å². The van der Waals surface area contributed by atoms with Gasteiger partial charge in [-0.2, -0.15) is 0 Å². The molecule has 0 aliphatic heterocycles.